The van der Waals surface area contributed by atoms with Crippen molar-refractivity contribution in [3.05, 3.63) is 95.9 Å². The Bertz CT molecular complexity index is 1360. The van der Waals surface area contributed by atoms with Crippen LogP contribution in [-0.2, 0) is 11.3 Å². The van der Waals surface area contributed by atoms with E-state index in [1.54, 1.807) is 54.6 Å². The molecule has 35 heavy (non-hydrogen) atoms. The van der Waals surface area contributed by atoms with Gasteiger partial charge in [-0.25, -0.2) is 4.79 Å². The summed E-state index contributed by atoms with van der Waals surface area (Å²) in [6, 6.07) is 16.9. The van der Waals surface area contributed by atoms with Crippen LogP contribution in [0.15, 0.2) is 65.6 Å². The second kappa shape index (κ2) is 11.0. The summed E-state index contributed by atoms with van der Waals surface area (Å²) in [6.45, 7) is -0.0307. The predicted octanol–water partition coefficient (Wildman–Crippen LogP) is 7.06. The van der Waals surface area contributed by atoms with E-state index in [0.717, 1.165) is 20.2 Å². The van der Waals surface area contributed by atoms with Crippen molar-refractivity contribution in [1.82, 2.24) is 4.90 Å². The van der Waals surface area contributed by atoms with Crippen molar-refractivity contribution in [1.29, 1.82) is 0 Å². The number of carbonyl (C=O) groups is 3. The third-order valence-electron chi connectivity index (χ3n) is 5.03. The fourth-order valence-electron chi connectivity index (χ4n) is 3.27. The number of hydrogen-bond donors (Lipinski definition) is 0. The molecule has 2 amide bonds. The predicted molar refractivity (Wildman–Crippen MR) is 145 cm³/mol. The first-order valence-electron chi connectivity index (χ1n) is 10.1. The molecule has 1 aliphatic rings. The molecule has 0 saturated carbocycles. The number of halogens is 3. The highest BCUT2D eigenvalue weighted by atomic mass is 127. The first-order chi connectivity index (χ1) is 16.8. The fourth-order valence-corrected chi connectivity index (χ4v) is 5.23. The highest BCUT2D eigenvalue weighted by molar-refractivity contribution is 14.1. The van der Waals surface area contributed by atoms with Gasteiger partial charge < -0.3 is 9.47 Å². The van der Waals surface area contributed by atoms with Gasteiger partial charge in [0.05, 0.1) is 24.1 Å². The SMILES string of the molecule is COc1cc(/C=C2\SC(=O)N(Cc3c(Cl)cccc3Cl)C2=O)ccc1OC(=O)c1ccccc1I. The summed E-state index contributed by atoms with van der Waals surface area (Å²) in [7, 11) is 1.45. The van der Waals surface area contributed by atoms with E-state index in [-0.39, 0.29) is 17.2 Å². The zero-order chi connectivity index (χ0) is 25.1. The second-order valence-electron chi connectivity index (χ2n) is 7.25. The summed E-state index contributed by atoms with van der Waals surface area (Å²) < 4.78 is 11.7. The molecule has 0 radical (unpaired) electrons. The lowest BCUT2D eigenvalue weighted by molar-refractivity contribution is -0.123. The molecule has 0 aliphatic carbocycles. The summed E-state index contributed by atoms with van der Waals surface area (Å²) in [5.74, 6) is -0.430. The van der Waals surface area contributed by atoms with E-state index in [0.29, 0.717) is 32.5 Å². The normalized spacial score (nSPS) is 14.5. The van der Waals surface area contributed by atoms with Crippen LogP contribution >= 0.6 is 57.6 Å². The number of nitrogens with zero attached hydrogens (tertiary/aromatic N) is 1. The van der Waals surface area contributed by atoms with Crippen LogP contribution in [0.25, 0.3) is 6.08 Å². The number of hydrogen-bond acceptors (Lipinski definition) is 6. The number of rotatable bonds is 6. The van der Waals surface area contributed by atoms with Crippen LogP contribution < -0.4 is 9.47 Å². The van der Waals surface area contributed by atoms with E-state index in [4.69, 9.17) is 32.7 Å². The van der Waals surface area contributed by atoms with Crippen molar-refractivity contribution in [3.8, 4) is 11.5 Å². The van der Waals surface area contributed by atoms with Gasteiger partial charge >= 0.3 is 5.97 Å². The van der Waals surface area contributed by atoms with Gasteiger partial charge in [0.2, 0.25) is 0 Å². The third kappa shape index (κ3) is 5.66. The quantitative estimate of drug-likeness (QED) is 0.124. The van der Waals surface area contributed by atoms with E-state index >= 15 is 0 Å². The maximum absolute atomic E-state index is 12.9. The average Bonchev–Trinajstić information content (AvgIpc) is 3.09. The molecule has 0 spiro atoms. The summed E-state index contributed by atoms with van der Waals surface area (Å²) in [4.78, 5) is 39.4. The Labute approximate surface area is 229 Å². The topological polar surface area (TPSA) is 72.9 Å². The first-order valence-corrected chi connectivity index (χ1v) is 12.8. The molecule has 3 aromatic carbocycles. The smallest absolute Gasteiger partial charge is 0.344 e. The van der Waals surface area contributed by atoms with Crippen molar-refractivity contribution in [2.24, 2.45) is 0 Å². The Kier molecular flexibility index (Phi) is 8.05. The van der Waals surface area contributed by atoms with Crippen molar-refractivity contribution in [2.75, 3.05) is 7.11 Å². The lowest BCUT2D eigenvalue weighted by Gasteiger charge is -2.14. The molecule has 1 heterocycles. The van der Waals surface area contributed by atoms with Crippen molar-refractivity contribution in [3.63, 3.8) is 0 Å². The summed E-state index contributed by atoms with van der Waals surface area (Å²) in [5.41, 5.74) is 1.53. The van der Waals surface area contributed by atoms with Crippen LogP contribution in [0.3, 0.4) is 0 Å². The number of thioether (sulfide) groups is 1. The van der Waals surface area contributed by atoms with E-state index < -0.39 is 17.1 Å². The summed E-state index contributed by atoms with van der Waals surface area (Å²) in [6.07, 6.45) is 1.58. The lowest BCUT2D eigenvalue weighted by Crippen LogP contribution is -2.27. The highest BCUT2D eigenvalue weighted by Crippen LogP contribution is 2.37. The molecule has 6 nitrogen and oxygen atoms in total. The Hall–Kier alpha value is -2.53. The van der Waals surface area contributed by atoms with Crippen LogP contribution in [-0.4, -0.2) is 29.1 Å². The van der Waals surface area contributed by atoms with Gasteiger partial charge in [-0.1, -0.05) is 47.5 Å². The molecule has 0 bridgehead atoms. The highest BCUT2D eigenvalue weighted by Gasteiger charge is 2.35. The molecule has 0 aromatic heterocycles. The van der Waals surface area contributed by atoms with Crippen LogP contribution in [0.5, 0.6) is 11.5 Å². The molecular formula is C25H16Cl2INO5S. The van der Waals surface area contributed by atoms with E-state index in [1.807, 2.05) is 12.1 Å². The molecule has 0 unspecified atom stereocenters. The molecule has 1 saturated heterocycles. The molecule has 1 fully saturated rings. The van der Waals surface area contributed by atoms with Gasteiger partial charge in [-0.3, -0.25) is 14.5 Å². The largest absolute Gasteiger partial charge is 0.493 e. The number of esters is 1. The van der Waals surface area contributed by atoms with E-state index in [9.17, 15) is 14.4 Å². The zero-order valence-corrected chi connectivity index (χ0v) is 22.6. The maximum atomic E-state index is 12.9. The Morgan fingerprint density at radius 2 is 1.74 bits per heavy atom. The van der Waals surface area contributed by atoms with E-state index in [2.05, 4.69) is 22.6 Å². The Balaban J connectivity index is 1.54. The zero-order valence-electron chi connectivity index (χ0n) is 18.1. The first kappa shape index (κ1) is 25.6. The summed E-state index contributed by atoms with van der Waals surface area (Å²) in [5, 5.41) is 0.327. The lowest BCUT2D eigenvalue weighted by atomic mass is 10.1. The van der Waals surface area contributed by atoms with Gasteiger partial charge in [-0.05, 0) is 82.4 Å². The molecule has 0 N–H and O–H groups in total. The maximum Gasteiger partial charge on any atom is 0.344 e. The Morgan fingerprint density at radius 3 is 2.43 bits per heavy atom. The van der Waals surface area contributed by atoms with Gasteiger partial charge in [-0.15, -0.1) is 0 Å². The van der Waals surface area contributed by atoms with Gasteiger partial charge in [0, 0.05) is 19.2 Å². The van der Waals surface area contributed by atoms with Crippen molar-refractivity contribution in [2.45, 2.75) is 6.54 Å². The van der Waals surface area contributed by atoms with Gasteiger partial charge in [-0.2, -0.15) is 0 Å². The van der Waals surface area contributed by atoms with Crippen LogP contribution in [0.2, 0.25) is 10.0 Å². The second-order valence-corrected chi connectivity index (χ2v) is 10.2. The van der Waals surface area contributed by atoms with Crippen molar-refractivity contribution >= 4 is 80.7 Å². The minimum absolute atomic E-state index is 0.0307. The van der Waals surface area contributed by atoms with Crippen LogP contribution in [0.4, 0.5) is 4.79 Å². The number of benzene rings is 3. The average molecular weight is 640 g/mol. The molecular weight excluding hydrogens is 624 g/mol. The number of amides is 2. The minimum atomic E-state index is -0.514. The number of methoxy groups -OCH3 is 1. The molecule has 178 valence electrons. The number of imide groups is 1. The van der Waals surface area contributed by atoms with Gasteiger partial charge in [0.15, 0.2) is 11.5 Å². The monoisotopic (exact) mass is 639 g/mol. The Morgan fingerprint density at radius 1 is 1.03 bits per heavy atom. The van der Waals surface area contributed by atoms with Crippen molar-refractivity contribution < 1.29 is 23.9 Å². The molecule has 10 heteroatoms. The van der Waals surface area contributed by atoms with E-state index in [1.165, 1.54) is 7.11 Å². The molecule has 1 aliphatic heterocycles. The molecule has 0 atom stereocenters. The fraction of sp³-hybridized carbons (Fsp3) is 0.0800. The minimum Gasteiger partial charge on any atom is -0.493 e. The van der Waals surface area contributed by atoms with Crippen LogP contribution in [0.1, 0.15) is 21.5 Å². The molecule has 3 aromatic rings. The third-order valence-corrected chi connectivity index (χ3v) is 7.59. The number of carbonyl (C=O) groups excluding carboxylic acids is 3. The summed E-state index contributed by atoms with van der Waals surface area (Å²) >= 11 is 15.3. The van der Waals surface area contributed by atoms with Gasteiger partial charge in [0.1, 0.15) is 0 Å². The standard InChI is InChI=1S/C25H16Cl2INO5S/c1-33-21-11-14(9-10-20(21)34-24(31)15-5-2-3-8-19(15)28)12-22-23(30)29(25(32)35-22)13-16-17(26)6-4-7-18(16)27/h2-12H,13H2,1H3/b22-12-. The number of ether oxygens (including phenoxy) is 2. The van der Waals surface area contributed by atoms with Crippen LogP contribution in [0, 0.1) is 3.57 Å². The van der Waals surface area contributed by atoms with Gasteiger partial charge in [0.25, 0.3) is 11.1 Å². The molecule has 4 rings (SSSR count).